The molecule has 0 aliphatic rings. The fraction of sp³-hybridized carbons (Fsp3) is 0.294. The van der Waals surface area contributed by atoms with Crippen molar-refractivity contribution < 1.29 is 18.3 Å². The zero-order valence-corrected chi connectivity index (χ0v) is 11.9. The molecule has 0 aliphatic carbocycles. The topological polar surface area (TPSA) is 20.2 Å². The van der Waals surface area contributed by atoms with Crippen LogP contribution in [0.15, 0.2) is 42.5 Å². The molecule has 1 nitrogen and oxygen atoms in total. The lowest BCUT2D eigenvalue weighted by Gasteiger charge is -2.17. The largest absolute Gasteiger partial charge is 0.416 e. The van der Waals surface area contributed by atoms with Gasteiger partial charge in [-0.05, 0) is 42.2 Å². The van der Waals surface area contributed by atoms with Gasteiger partial charge in [0.05, 0.1) is 11.7 Å². The maximum absolute atomic E-state index is 12.7. The summed E-state index contributed by atoms with van der Waals surface area (Å²) in [5.74, 6) is 0. The lowest BCUT2D eigenvalue weighted by atomic mass is 9.93. The van der Waals surface area contributed by atoms with Crippen LogP contribution in [0.4, 0.5) is 13.2 Å². The highest BCUT2D eigenvalue weighted by Gasteiger charge is 2.30. The third-order valence-corrected chi connectivity index (χ3v) is 3.56. The molecule has 0 saturated carbocycles. The fourth-order valence-electron chi connectivity index (χ4n) is 2.55. The molecule has 0 spiro atoms. The van der Waals surface area contributed by atoms with E-state index in [9.17, 15) is 18.3 Å². The third kappa shape index (κ3) is 3.64. The first-order valence-electron chi connectivity index (χ1n) is 6.69. The Bertz CT molecular complexity index is 612. The van der Waals surface area contributed by atoms with Crippen LogP contribution in [0.1, 0.15) is 33.9 Å². The summed E-state index contributed by atoms with van der Waals surface area (Å²) in [4.78, 5) is 0. The van der Waals surface area contributed by atoms with Crippen LogP contribution in [-0.4, -0.2) is 5.11 Å². The van der Waals surface area contributed by atoms with Crippen molar-refractivity contribution in [1.29, 1.82) is 0 Å². The highest BCUT2D eigenvalue weighted by atomic mass is 19.4. The van der Waals surface area contributed by atoms with Gasteiger partial charge in [0.15, 0.2) is 0 Å². The van der Waals surface area contributed by atoms with Crippen LogP contribution in [0.25, 0.3) is 0 Å². The van der Waals surface area contributed by atoms with Gasteiger partial charge >= 0.3 is 6.18 Å². The maximum atomic E-state index is 12.7. The molecule has 112 valence electrons. The van der Waals surface area contributed by atoms with Gasteiger partial charge in [-0.3, -0.25) is 0 Å². The van der Waals surface area contributed by atoms with E-state index in [1.54, 1.807) is 6.07 Å². The zero-order valence-electron chi connectivity index (χ0n) is 11.9. The Labute approximate surface area is 122 Å². The molecule has 1 N–H and O–H groups in total. The smallest absolute Gasteiger partial charge is 0.388 e. The number of aryl methyl sites for hydroxylation is 2. The Morgan fingerprint density at radius 1 is 1.00 bits per heavy atom. The van der Waals surface area contributed by atoms with E-state index in [0.29, 0.717) is 5.56 Å². The van der Waals surface area contributed by atoms with Crippen LogP contribution < -0.4 is 0 Å². The van der Waals surface area contributed by atoms with Crippen LogP contribution in [0.5, 0.6) is 0 Å². The highest BCUT2D eigenvalue weighted by molar-refractivity contribution is 5.36. The number of alkyl halides is 3. The van der Waals surface area contributed by atoms with Crippen molar-refractivity contribution in [1.82, 2.24) is 0 Å². The molecule has 0 radical (unpaired) electrons. The second kappa shape index (κ2) is 5.90. The summed E-state index contributed by atoms with van der Waals surface area (Å²) in [6.07, 6.45) is -5.01. The molecule has 21 heavy (non-hydrogen) atoms. The zero-order chi connectivity index (χ0) is 15.6. The Morgan fingerprint density at radius 3 is 2.14 bits per heavy atom. The molecule has 2 aromatic carbocycles. The van der Waals surface area contributed by atoms with Crippen molar-refractivity contribution in [3.8, 4) is 0 Å². The Hall–Kier alpha value is -1.81. The third-order valence-electron chi connectivity index (χ3n) is 3.56. The molecule has 0 aromatic heterocycles. The van der Waals surface area contributed by atoms with E-state index >= 15 is 0 Å². The van der Waals surface area contributed by atoms with Crippen molar-refractivity contribution in [3.05, 3.63) is 70.3 Å². The minimum atomic E-state index is -4.36. The summed E-state index contributed by atoms with van der Waals surface area (Å²) >= 11 is 0. The average molecular weight is 294 g/mol. The number of rotatable bonds is 3. The van der Waals surface area contributed by atoms with E-state index in [2.05, 4.69) is 0 Å². The van der Waals surface area contributed by atoms with Gasteiger partial charge in [0, 0.05) is 6.42 Å². The normalized spacial score (nSPS) is 13.2. The first-order valence-corrected chi connectivity index (χ1v) is 6.69. The minimum absolute atomic E-state index is 0.162. The van der Waals surface area contributed by atoms with Crippen molar-refractivity contribution in [2.75, 3.05) is 0 Å². The Kier molecular flexibility index (Phi) is 4.37. The van der Waals surface area contributed by atoms with Crippen LogP contribution >= 0.6 is 0 Å². The first kappa shape index (κ1) is 15.6. The first-order chi connectivity index (χ1) is 9.79. The van der Waals surface area contributed by atoms with Crippen molar-refractivity contribution in [2.45, 2.75) is 32.5 Å². The molecule has 0 aliphatic heterocycles. The molecule has 0 amide bonds. The number of hydrogen-bond acceptors (Lipinski definition) is 1. The monoisotopic (exact) mass is 294 g/mol. The van der Waals surface area contributed by atoms with Gasteiger partial charge < -0.3 is 5.11 Å². The van der Waals surface area contributed by atoms with Gasteiger partial charge in [0.25, 0.3) is 0 Å². The molecule has 1 atom stereocenters. The second-order valence-electron chi connectivity index (χ2n) is 5.22. The number of benzene rings is 2. The van der Waals surface area contributed by atoms with Crippen LogP contribution in [0.3, 0.4) is 0 Å². The van der Waals surface area contributed by atoms with Crippen LogP contribution in [0, 0.1) is 13.8 Å². The van der Waals surface area contributed by atoms with Crippen molar-refractivity contribution in [3.63, 3.8) is 0 Å². The SMILES string of the molecule is Cc1cccc(C)c1C(O)Cc1cccc(C(F)(F)F)c1. The highest BCUT2D eigenvalue weighted by Crippen LogP contribution is 2.31. The van der Waals surface area contributed by atoms with Gasteiger partial charge in [0.2, 0.25) is 0 Å². The standard InChI is InChI=1S/C17H17F3O/c1-11-5-3-6-12(2)16(11)15(21)10-13-7-4-8-14(9-13)17(18,19)20/h3-9,15,21H,10H2,1-2H3. The van der Waals surface area contributed by atoms with Gasteiger partial charge in [-0.25, -0.2) is 0 Å². The quantitative estimate of drug-likeness (QED) is 0.877. The molecule has 0 saturated heterocycles. The summed E-state index contributed by atoms with van der Waals surface area (Å²) in [5, 5.41) is 10.3. The molecule has 0 heterocycles. The predicted molar refractivity (Wildman–Crippen MR) is 76.0 cm³/mol. The summed E-state index contributed by atoms with van der Waals surface area (Å²) in [6.45, 7) is 3.77. The van der Waals surface area contributed by atoms with Crippen LogP contribution in [0.2, 0.25) is 0 Å². The number of hydrogen-bond donors (Lipinski definition) is 1. The van der Waals surface area contributed by atoms with Crippen molar-refractivity contribution in [2.24, 2.45) is 0 Å². The van der Waals surface area contributed by atoms with E-state index in [0.717, 1.165) is 28.8 Å². The summed E-state index contributed by atoms with van der Waals surface area (Å²) in [6, 6.07) is 10.8. The van der Waals surface area contributed by atoms with Gasteiger partial charge in [0.1, 0.15) is 0 Å². The van der Waals surface area contributed by atoms with Crippen molar-refractivity contribution >= 4 is 0 Å². The van der Waals surface area contributed by atoms with Crippen LogP contribution in [-0.2, 0) is 12.6 Å². The lowest BCUT2D eigenvalue weighted by molar-refractivity contribution is -0.137. The molecular formula is C17H17F3O. The van der Waals surface area contributed by atoms with E-state index < -0.39 is 17.8 Å². The van der Waals surface area contributed by atoms with Gasteiger partial charge in [-0.15, -0.1) is 0 Å². The summed E-state index contributed by atoms with van der Waals surface area (Å²) in [7, 11) is 0. The Balaban J connectivity index is 2.26. The Morgan fingerprint density at radius 2 is 1.57 bits per heavy atom. The van der Waals surface area contributed by atoms with Gasteiger partial charge in [-0.2, -0.15) is 13.2 Å². The molecule has 2 rings (SSSR count). The fourth-order valence-corrected chi connectivity index (χ4v) is 2.55. The number of aliphatic hydroxyl groups excluding tert-OH is 1. The average Bonchev–Trinajstić information content (AvgIpc) is 2.37. The van der Waals surface area contributed by atoms with E-state index in [4.69, 9.17) is 0 Å². The summed E-state index contributed by atoms with van der Waals surface area (Å²) in [5.41, 5.74) is 2.45. The minimum Gasteiger partial charge on any atom is -0.388 e. The molecule has 1 unspecified atom stereocenters. The number of aliphatic hydroxyl groups is 1. The predicted octanol–water partition coefficient (Wildman–Crippen LogP) is 4.60. The molecule has 0 bridgehead atoms. The van der Waals surface area contributed by atoms with E-state index in [1.807, 2.05) is 32.0 Å². The molecule has 0 fully saturated rings. The van der Waals surface area contributed by atoms with E-state index in [-0.39, 0.29) is 6.42 Å². The molecule has 4 heteroatoms. The molecule has 2 aromatic rings. The lowest BCUT2D eigenvalue weighted by Crippen LogP contribution is -2.08. The molecular weight excluding hydrogens is 277 g/mol. The summed E-state index contributed by atoms with van der Waals surface area (Å²) < 4.78 is 38.1. The van der Waals surface area contributed by atoms with Gasteiger partial charge in [-0.1, -0.05) is 36.4 Å². The van der Waals surface area contributed by atoms with E-state index in [1.165, 1.54) is 6.07 Å². The number of halogens is 3. The maximum Gasteiger partial charge on any atom is 0.416 e. The second-order valence-corrected chi connectivity index (χ2v) is 5.22.